The van der Waals surface area contributed by atoms with Crippen LogP contribution in [0.2, 0.25) is 0 Å². The number of ether oxygens (including phenoxy) is 1. The van der Waals surface area contributed by atoms with E-state index in [4.69, 9.17) is 4.74 Å². The number of hydrogen-bond donors (Lipinski definition) is 2. The highest BCUT2D eigenvalue weighted by molar-refractivity contribution is 5.76. The van der Waals surface area contributed by atoms with Crippen LogP contribution in [-0.4, -0.2) is 45.9 Å². The lowest BCUT2D eigenvalue weighted by Gasteiger charge is -2.28. The number of carbonyl (C=O) groups excluding carboxylic acids is 1. The van der Waals surface area contributed by atoms with Crippen LogP contribution < -0.4 is 5.32 Å². The lowest BCUT2D eigenvalue weighted by Crippen LogP contribution is -2.48. The Morgan fingerprint density at radius 2 is 2.50 bits per heavy atom. The Bertz CT molecular complexity index is 367. The van der Waals surface area contributed by atoms with E-state index in [0.29, 0.717) is 26.1 Å². The molecule has 1 saturated heterocycles. The summed E-state index contributed by atoms with van der Waals surface area (Å²) in [5.41, 5.74) is 0. The van der Waals surface area contributed by atoms with Gasteiger partial charge in [0.15, 0.2) is 0 Å². The molecule has 0 bridgehead atoms. The zero-order chi connectivity index (χ0) is 12.8. The van der Waals surface area contributed by atoms with Gasteiger partial charge in [-0.05, 0) is 12.8 Å². The molecule has 6 nitrogen and oxygen atoms in total. The normalized spacial score (nSPS) is 23.8. The van der Waals surface area contributed by atoms with Crippen LogP contribution in [-0.2, 0) is 16.1 Å². The number of rotatable bonds is 5. The van der Waals surface area contributed by atoms with Crippen molar-refractivity contribution in [1.29, 1.82) is 0 Å². The number of carbonyl (C=O) groups is 1. The van der Waals surface area contributed by atoms with Crippen LogP contribution in [0.25, 0.3) is 0 Å². The summed E-state index contributed by atoms with van der Waals surface area (Å²) in [5.74, 6) is -0.0129. The van der Waals surface area contributed by atoms with Crippen LogP contribution in [0.1, 0.15) is 19.3 Å². The van der Waals surface area contributed by atoms with Gasteiger partial charge in [0.05, 0.1) is 25.1 Å². The first-order chi connectivity index (χ1) is 8.75. The number of aromatic nitrogens is 2. The molecule has 0 saturated carbocycles. The van der Waals surface area contributed by atoms with E-state index < -0.39 is 6.10 Å². The standard InChI is InChI=1S/C12H19N3O3/c16-11-8-18-7-3-10(11)14-12(17)2-1-5-15-6-4-13-9-15/h4,6,9-11,16H,1-3,5,7-8H2,(H,14,17)/t10-,11-/m1/s1. The van der Waals surface area contributed by atoms with E-state index in [9.17, 15) is 9.90 Å². The van der Waals surface area contributed by atoms with Crippen LogP contribution in [0.4, 0.5) is 0 Å². The summed E-state index contributed by atoms with van der Waals surface area (Å²) in [6.07, 6.45) is 6.65. The van der Waals surface area contributed by atoms with Gasteiger partial charge in [0, 0.05) is 32.0 Å². The number of nitrogens with zero attached hydrogens (tertiary/aromatic N) is 2. The third-order valence-corrected chi connectivity index (χ3v) is 3.05. The Hall–Kier alpha value is -1.40. The molecule has 18 heavy (non-hydrogen) atoms. The summed E-state index contributed by atoms with van der Waals surface area (Å²) in [6.45, 7) is 1.68. The maximum Gasteiger partial charge on any atom is 0.220 e. The van der Waals surface area contributed by atoms with E-state index in [2.05, 4.69) is 10.3 Å². The zero-order valence-corrected chi connectivity index (χ0v) is 10.3. The molecule has 2 heterocycles. The third-order valence-electron chi connectivity index (χ3n) is 3.05. The smallest absolute Gasteiger partial charge is 0.220 e. The number of imidazole rings is 1. The predicted molar refractivity (Wildman–Crippen MR) is 64.8 cm³/mol. The summed E-state index contributed by atoms with van der Waals surface area (Å²) < 4.78 is 7.05. The quantitative estimate of drug-likeness (QED) is 0.770. The van der Waals surface area contributed by atoms with Crippen molar-refractivity contribution in [2.75, 3.05) is 13.2 Å². The molecule has 1 aromatic heterocycles. The number of amides is 1. The van der Waals surface area contributed by atoms with Gasteiger partial charge in [0.25, 0.3) is 0 Å². The molecular formula is C12H19N3O3. The average Bonchev–Trinajstić information content (AvgIpc) is 2.85. The fourth-order valence-electron chi connectivity index (χ4n) is 2.01. The topological polar surface area (TPSA) is 76.4 Å². The van der Waals surface area contributed by atoms with Crippen molar-refractivity contribution >= 4 is 5.91 Å². The first-order valence-electron chi connectivity index (χ1n) is 6.26. The van der Waals surface area contributed by atoms with Crippen LogP contribution in [0.5, 0.6) is 0 Å². The van der Waals surface area contributed by atoms with Gasteiger partial charge in [0.1, 0.15) is 0 Å². The fourth-order valence-corrected chi connectivity index (χ4v) is 2.01. The Balaban J connectivity index is 1.65. The minimum Gasteiger partial charge on any atom is -0.389 e. The molecule has 0 aromatic carbocycles. The second-order valence-electron chi connectivity index (χ2n) is 4.51. The first-order valence-corrected chi connectivity index (χ1v) is 6.26. The van der Waals surface area contributed by atoms with Crippen molar-refractivity contribution in [1.82, 2.24) is 14.9 Å². The third kappa shape index (κ3) is 3.82. The van der Waals surface area contributed by atoms with E-state index in [1.54, 1.807) is 12.5 Å². The second-order valence-corrected chi connectivity index (χ2v) is 4.51. The maximum absolute atomic E-state index is 11.7. The van der Waals surface area contributed by atoms with Crippen LogP contribution in [0.15, 0.2) is 18.7 Å². The van der Waals surface area contributed by atoms with Crippen molar-refractivity contribution in [3.63, 3.8) is 0 Å². The zero-order valence-electron chi connectivity index (χ0n) is 10.3. The molecule has 0 radical (unpaired) electrons. The van der Waals surface area contributed by atoms with E-state index >= 15 is 0 Å². The van der Waals surface area contributed by atoms with Crippen LogP contribution in [0.3, 0.4) is 0 Å². The molecule has 1 fully saturated rings. The van der Waals surface area contributed by atoms with E-state index in [0.717, 1.165) is 13.0 Å². The lowest BCUT2D eigenvalue weighted by atomic mass is 10.1. The predicted octanol–water partition coefficient (Wildman–Crippen LogP) is -0.0707. The van der Waals surface area contributed by atoms with E-state index in [1.165, 1.54) is 0 Å². The summed E-state index contributed by atoms with van der Waals surface area (Å²) in [5, 5.41) is 12.5. The van der Waals surface area contributed by atoms with Gasteiger partial charge in [-0.1, -0.05) is 0 Å². The van der Waals surface area contributed by atoms with Gasteiger partial charge in [-0.3, -0.25) is 4.79 Å². The molecule has 0 spiro atoms. The number of hydrogen-bond acceptors (Lipinski definition) is 4. The van der Waals surface area contributed by atoms with Crippen molar-refractivity contribution in [3.05, 3.63) is 18.7 Å². The van der Waals surface area contributed by atoms with Gasteiger partial charge in [0.2, 0.25) is 5.91 Å². The Morgan fingerprint density at radius 3 is 3.22 bits per heavy atom. The number of aliphatic hydroxyl groups is 1. The Labute approximate surface area is 106 Å². The second kappa shape index (κ2) is 6.51. The van der Waals surface area contributed by atoms with Gasteiger partial charge < -0.3 is 19.7 Å². The average molecular weight is 253 g/mol. The molecule has 6 heteroatoms. The largest absolute Gasteiger partial charge is 0.389 e. The molecule has 2 N–H and O–H groups in total. The van der Waals surface area contributed by atoms with Gasteiger partial charge >= 0.3 is 0 Å². The molecular weight excluding hydrogens is 234 g/mol. The van der Waals surface area contributed by atoms with E-state index in [1.807, 2.05) is 10.8 Å². The van der Waals surface area contributed by atoms with Crippen molar-refractivity contribution in [3.8, 4) is 0 Å². The summed E-state index contributed by atoms with van der Waals surface area (Å²) >= 11 is 0. The number of aryl methyl sites for hydroxylation is 1. The fraction of sp³-hybridized carbons (Fsp3) is 0.667. The monoisotopic (exact) mass is 253 g/mol. The first kappa shape index (κ1) is 13.0. The molecule has 100 valence electrons. The van der Waals surface area contributed by atoms with Crippen LogP contribution in [0, 0.1) is 0 Å². The molecule has 1 aliphatic heterocycles. The van der Waals surface area contributed by atoms with Crippen molar-refractivity contribution < 1.29 is 14.6 Å². The molecule has 2 rings (SSSR count). The van der Waals surface area contributed by atoms with Gasteiger partial charge in [-0.25, -0.2) is 4.98 Å². The Morgan fingerprint density at radius 1 is 1.61 bits per heavy atom. The number of nitrogens with one attached hydrogen (secondary N) is 1. The highest BCUT2D eigenvalue weighted by Crippen LogP contribution is 2.08. The minimum absolute atomic E-state index is 0.0129. The molecule has 2 atom stereocenters. The minimum atomic E-state index is -0.587. The molecule has 1 aromatic rings. The summed E-state index contributed by atoms with van der Waals surface area (Å²) in [4.78, 5) is 15.6. The molecule has 0 aliphatic carbocycles. The van der Waals surface area contributed by atoms with Gasteiger partial charge in [-0.15, -0.1) is 0 Å². The maximum atomic E-state index is 11.7. The number of aliphatic hydroxyl groups excluding tert-OH is 1. The summed E-state index contributed by atoms with van der Waals surface area (Å²) in [7, 11) is 0. The van der Waals surface area contributed by atoms with Crippen LogP contribution >= 0.6 is 0 Å². The molecule has 1 amide bonds. The Kier molecular flexibility index (Phi) is 4.72. The van der Waals surface area contributed by atoms with Gasteiger partial charge in [-0.2, -0.15) is 0 Å². The highest BCUT2D eigenvalue weighted by Gasteiger charge is 2.24. The molecule has 0 unspecified atom stereocenters. The van der Waals surface area contributed by atoms with Crippen molar-refractivity contribution in [2.24, 2.45) is 0 Å². The summed E-state index contributed by atoms with van der Waals surface area (Å²) in [6, 6.07) is -0.167. The van der Waals surface area contributed by atoms with E-state index in [-0.39, 0.29) is 11.9 Å². The SMILES string of the molecule is O=C(CCCn1ccnc1)N[C@@H]1CCOC[C@H]1O. The highest BCUT2D eigenvalue weighted by atomic mass is 16.5. The molecule has 1 aliphatic rings. The lowest BCUT2D eigenvalue weighted by molar-refractivity contribution is -0.124. The van der Waals surface area contributed by atoms with Crippen molar-refractivity contribution in [2.45, 2.75) is 38.0 Å².